The maximum absolute atomic E-state index is 13.5. The molecule has 2 aromatic heterocycles. The van der Waals surface area contributed by atoms with Gasteiger partial charge in [-0.15, -0.1) is 0 Å². The molecule has 12 heteroatoms. The number of nitro groups is 2. The van der Waals surface area contributed by atoms with Crippen LogP contribution in [0.25, 0.3) is 33.5 Å². The number of nitrogens with zero attached hydrogens (tertiary/aromatic N) is 5. The van der Waals surface area contributed by atoms with Crippen LogP contribution in [-0.2, 0) is 6.61 Å². The summed E-state index contributed by atoms with van der Waals surface area (Å²) in [5, 5.41) is 28.2. The van der Waals surface area contributed by atoms with E-state index in [4.69, 9.17) is 9.15 Å². The van der Waals surface area contributed by atoms with Crippen molar-refractivity contribution in [2.45, 2.75) is 6.61 Å². The van der Waals surface area contributed by atoms with Crippen LogP contribution in [0.15, 0.2) is 111 Å². The molecule has 6 rings (SSSR count). The molecule has 0 amide bonds. The zero-order valence-electron chi connectivity index (χ0n) is 21.6. The van der Waals surface area contributed by atoms with Crippen LogP contribution in [-0.4, -0.2) is 25.7 Å². The number of hydrogen-bond acceptors (Lipinski definition) is 9. The number of nitro benzene ring substituents is 2. The zero-order valence-corrected chi connectivity index (χ0v) is 21.6. The highest BCUT2D eigenvalue weighted by Gasteiger charge is 2.18. The van der Waals surface area contributed by atoms with Crippen molar-refractivity contribution in [1.29, 1.82) is 0 Å². The summed E-state index contributed by atoms with van der Waals surface area (Å²) in [5.74, 6) is 0.504. The molecule has 0 aliphatic rings. The Hall–Kier alpha value is -6.17. The van der Waals surface area contributed by atoms with Crippen molar-refractivity contribution < 1.29 is 19.0 Å². The zero-order chi connectivity index (χ0) is 29.2. The van der Waals surface area contributed by atoms with E-state index in [-0.39, 0.29) is 29.6 Å². The Kier molecular flexibility index (Phi) is 6.69. The fourth-order valence-electron chi connectivity index (χ4n) is 4.36. The molecule has 42 heavy (non-hydrogen) atoms. The molecule has 206 valence electrons. The van der Waals surface area contributed by atoms with E-state index in [1.54, 1.807) is 42.5 Å². The van der Waals surface area contributed by atoms with Crippen LogP contribution in [0.5, 0.6) is 5.75 Å². The van der Waals surface area contributed by atoms with Crippen molar-refractivity contribution >= 4 is 39.5 Å². The minimum atomic E-state index is -0.591. The van der Waals surface area contributed by atoms with Gasteiger partial charge in [-0.1, -0.05) is 30.3 Å². The van der Waals surface area contributed by atoms with E-state index in [0.29, 0.717) is 33.4 Å². The van der Waals surface area contributed by atoms with Crippen LogP contribution < -0.4 is 10.3 Å². The van der Waals surface area contributed by atoms with Crippen LogP contribution >= 0.6 is 0 Å². The van der Waals surface area contributed by atoms with E-state index in [0.717, 1.165) is 10.1 Å². The van der Waals surface area contributed by atoms with Crippen LogP contribution in [0.2, 0.25) is 0 Å². The lowest BCUT2D eigenvalue weighted by atomic mass is 10.2. The van der Waals surface area contributed by atoms with Crippen molar-refractivity contribution in [3.05, 3.63) is 139 Å². The number of fused-ring (bicyclic) bond motifs is 2. The highest BCUT2D eigenvalue weighted by atomic mass is 16.6. The minimum Gasteiger partial charge on any atom is -0.482 e. The van der Waals surface area contributed by atoms with Gasteiger partial charge in [0.1, 0.15) is 12.2 Å². The normalized spacial score (nSPS) is 11.3. The van der Waals surface area contributed by atoms with E-state index in [1.165, 1.54) is 42.6 Å². The molecule has 0 saturated heterocycles. The van der Waals surface area contributed by atoms with E-state index in [2.05, 4.69) is 10.1 Å². The molecule has 0 aliphatic carbocycles. The molecule has 2 heterocycles. The van der Waals surface area contributed by atoms with Crippen LogP contribution in [0, 0.1) is 20.2 Å². The Morgan fingerprint density at radius 1 is 0.905 bits per heavy atom. The third-order valence-corrected chi connectivity index (χ3v) is 6.44. The number of para-hydroxylation sites is 2. The first-order chi connectivity index (χ1) is 20.4. The Labute approximate surface area is 236 Å². The van der Waals surface area contributed by atoms with Gasteiger partial charge in [0.15, 0.2) is 11.5 Å². The number of rotatable bonds is 8. The molecule has 12 nitrogen and oxygen atoms in total. The maximum Gasteiger partial charge on any atom is 0.311 e. The lowest BCUT2D eigenvalue weighted by molar-refractivity contribution is -0.386. The predicted molar refractivity (Wildman–Crippen MR) is 155 cm³/mol. The summed E-state index contributed by atoms with van der Waals surface area (Å²) in [6.07, 6.45) is 1.32. The quantitative estimate of drug-likeness (QED) is 0.123. The van der Waals surface area contributed by atoms with Gasteiger partial charge < -0.3 is 9.15 Å². The number of furan rings is 1. The highest BCUT2D eigenvalue weighted by Crippen LogP contribution is 2.29. The summed E-state index contributed by atoms with van der Waals surface area (Å²) in [5.41, 5.74) is 1.19. The first-order valence-corrected chi connectivity index (χ1v) is 12.6. The number of hydrogen-bond donors (Lipinski definition) is 0. The molecule has 0 radical (unpaired) electrons. The van der Waals surface area contributed by atoms with Gasteiger partial charge in [0.05, 0.1) is 27.0 Å². The Morgan fingerprint density at radius 3 is 2.43 bits per heavy atom. The fraction of sp³-hybridized carbons (Fsp3) is 0.0333. The molecule has 4 aromatic carbocycles. The Balaban J connectivity index is 1.34. The average Bonchev–Trinajstić information content (AvgIpc) is 3.44. The highest BCUT2D eigenvalue weighted by molar-refractivity contribution is 5.85. The molecule has 0 atom stereocenters. The molecule has 0 bridgehead atoms. The van der Waals surface area contributed by atoms with Crippen molar-refractivity contribution in [2.24, 2.45) is 5.10 Å². The van der Waals surface area contributed by atoms with Gasteiger partial charge in [0, 0.05) is 29.1 Å². The summed E-state index contributed by atoms with van der Waals surface area (Å²) in [7, 11) is 0. The van der Waals surface area contributed by atoms with Crippen molar-refractivity contribution in [2.75, 3.05) is 0 Å². The summed E-state index contributed by atoms with van der Waals surface area (Å²) in [4.78, 5) is 39.7. The first kappa shape index (κ1) is 26.1. The molecule has 0 spiro atoms. The van der Waals surface area contributed by atoms with Gasteiger partial charge >= 0.3 is 5.69 Å². The predicted octanol–water partition coefficient (Wildman–Crippen LogP) is 6.09. The van der Waals surface area contributed by atoms with E-state index >= 15 is 0 Å². The number of aromatic nitrogens is 2. The first-order valence-electron chi connectivity index (χ1n) is 12.6. The summed E-state index contributed by atoms with van der Waals surface area (Å²) >= 11 is 0. The van der Waals surface area contributed by atoms with Crippen LogP contribution in [0.4, 0.5) is 11.4 Å². The summed E-state index contributed by atoms with van der Waals surface area (Å²) < 4.78 is 12.7. The third kappa shape index (κ3) is 5.07. The van der Waals surface area contributed by atoms with E-state index < -0.39 is 15.4 Å². The molecule has 0 N–H and O–H groups in total. The molecule has 0 aliphatic heterocycles. The Morgan fingerprint density at radius 2 is 1.67 bits per heavy atom. The largest absolute Gasteiger partial charge is 0.482 e. The van der Waals surface area contributed by atoms with Gasteiger partial charge in [0.2, 0.25) is 5.82 Å². The van der Waals surface area contributed by atoms with E-state index in [9.17, 15) is 25.0 Å². The van der Waals surface area contributed by atoms with Gasteiger partial charge in [-0.3, -0.25) is 25.0 Å². The monoisotopic (exact) mass is 561 g/mol. The van der Waals surface area contributed by atoms with Crippen molar-refractivity contribution in [1.82, 2.24) is 9.66 Å². The second kappa shape index (κ2) is 10.8. The molecule has 6 aromatic rings. The standard InChI is InChI=1S/C30H19N5O7/c36-30-23-6-2-3-7-24(23)32-29(28-16-21-5-1-4-8-26(21)42-28)33(30)31-17-20-11-14-27(25(15-20)35(39)40)41-18-19-9-12-22(13-10-19)34(37)38/h1-17H,18H2. The average molecular weight is 562 g/mol. The van der Waals surface area contributed by atoms with Crippen LogP contribution in [0.1, 0.15) is 11.1 Å². The van der Waals surface area contributed by atoms with Gasteiger partial charge in [-0.25, -0.2) is 4.98 Å². The van der Waals surface area contributed by atoms with Gasteiger partial charge in [-0.2, -0.15) is 9.78 Å². The van der Waals surface area contributed by atoms with Crippen LogP contribution in [0.3, 0.4) is 0 Å². The molecule has 0 fully saturated rings. The smallest absolute Gasteiger partial charge is 0.311 e. The van der Waals surface area contributed by atoms with Crippen molar-refractivity contribution in [3.63, 3.8) is 0 Å². The number of non-ortho nitro benzene ring substituents is 1. The topological polar surface area (TPSA) is 156 Å². The number of ether oxygens (including phenoxy) is 1. The minimum absolute atomic E-state index is 0.00278. The van der Waals surface area contributed by atoms with Gasteiger partial charge in [0.25, 0.3) is 11.2 Å². The summed E-state index contributed by atoms with van der Waals surface area (Å²) in [6, 6.07) is 25.9. The maximum atomic E-state index is 13.5. The van der Waals surface area contributed by atoms with E-state index in [1.807, 2.05) is 18.2 Å². The Bertz CT molecular complexity index is 2050. The summed E-state index contributed by atoms with van der Waals surface area (Å²) in [6.45, 7) is -0.0364. The van der Waals surface area contributed by atoms with Crippen molar-refractivity contribution in [3.8, 4) is 17.3 Å². The second-order valence-corrected chi connectivity index (χ2v) is 9.16. The molecule has 0 unspecified atom stereocenters. The molecule has 0 saturated carbocycles. The second-order valence-electron chi connectivity index (χ2n) is 9.16. The SMILES string of the molecule is O=c1c2ccccc2nc(-c2cc3ccccc3o2)n1N=Cc1ccc(OCc2ccc([N+](=O)[O-])cc2)c([N+](=O)[O-])c1. The third-order valence-electron chi connectivity index (χ3n) is 6.44. The fourth-order valence-corrected chi connectivity index (χ4v) is 4.36. The number of benzene rings is 4. The molecular weight excluding hydrogens is 542 g/mol. The lowest BCUT2D eigenvalue weighted by Crippen LogP contribution is -2.20. The van der Waals surface area contributed by atoms with Gasteiger partial charge in [-0.05, 0) is 54.1 Å². The molecular formula is C30H19N5O7. The lowest BCUT2D eigenvalue weighted by Gasteiger charge is -2.08.